The SMILES string of the molecule is CCNc1snnc1CN(CCO)CC(F)(F)F. The summed E-state index contributed by atoms with van der Waals surface area (Å²) in [6, 6.07) is 0. The van der Waals surface area contributed by atoms with Crippen LogP contribution in [0.4, 0.5) is 18.2 Å². The Morgan fingerprint density at radius 3 is 2.72 bits per heavy atom. The number of aromatic nitrogens is 2. The lowest BCUT2D eigenvalue weighted by atomic mass is 10.3. The fourth-order valence-corrected chi connectivity index (χ4v) is 2.07. The van der Waals surface area contributed by atoms with E-state index in [1.165, 1.54) is 0 Å². The average Bonchev–Trinajstić information content (AvgIpc) is 2.64. The van der Waals surface area contributed by atoms with E-state index in [2.05, 4.69) is 14.9 Å². The van der Waals surface area contributed by atoms with E-state index in [1.54, 1.807) is 0 Å². The molecule has 104 valence electrons. The number of nitrogens with zero attached hydrogens (tertiary/aromatic N) is 3. The van der Waals surface area contributed by atoms with E-state index in [9.17, 15) is 13.2 Å². The molecule has 0 bridgehead atoms. The summed E-state index contributed by atoms with van der Waals surface area (Å²) in [6.07, 6.45) is -4.29. The summed E-state index contributed by atoms with van der Waals surface area (Å²) >= 11 is 1.11. The molecule has 9 heteroatoms. The summed E-state index contributed by atoms with van der Waals surface area (Å²) in [5, 5.41) is 16.2. The number of hydrogen-bond acceptors (Lipinski definition) is 6. The van der Waals surface area contributed by atoms with Crippen molar-refractivity contribution in [2.75, 3.05) is 31.6 Å². The number of aliphatic hydroxyl groups is 1. The third kappa shape index (κ3) is 5.15. The predicted octanol–water partition coefficient (Wildman–Crippen LogP) is 1.33. The summed E-state index contributed by atoms with van der Waals surface area (Å²) in [4.78, 5) is 1.09. The van der Waals surface area contributed by atoms with Gasteiger partial charge < -0.3 is 10.4 Å². The number of anilines is 1. The molecular weight excluding hydrogens is 269 g/mol. The normalized spacial score (nSPS) is 12.1. The molecule has 1 aromatic rings. The third-order valence-electron chi connectivity index (χ3n) is 2.09. The molecule has 18 heavy (non-hydrogen) atoms. The van der Waals surface area contributed by atoms with E-state index in [4.69, 9.17) is 5.11 Å². The van der Waals surface area contributed by atoms with Crippen LogP contribution in [0.2, 0.25) is 0 Å². The monoisotopic (exact) mass is 284 g/mol. The number of hydrogen-bond donors (Lipinski definition) is 2. The van der Waals surface area contributed by atoms with Crippen LogP contribution in [0, 0.1) is 0 Å². The quantitative estimate of drug-likeness (QED) is 0.791. The standard InChI is InChI=1S/C9H15F3N4OS/c1-2-13-8-7(14-15-18-8)5-16(3-4-17)6-9(10,11)12/h13,17H,2-6H2,1H3. The van der Waals surface area contributed by atoms with Crippen LogP contribution < -0.4 is 5.32 Å². The maximum atomic E-state index is 12.3. The van der Waals surface area contributed by atoms with Crippen LogP contribution in [-0.2, 0) is 6.54 Å². The van der Waals surface area contributed by atoms with Gasteiger partial charge in [-0.25, -0.2) is 0 Å². The van der Waals surface area contributed by atoms with Crippen molar-refractivity contribution in [2.45, 2.75) is 19.6 Å². The van der Waals surface area contributed by atoms with Crippen molar-refractivity contribution >= 4 is 16.5 Å². The Labute approximate surface area is 107 Å². The first-order valence-corrected chi connectivity index (χ1v) is 6.18. The molecule has 0 radical (unpaired) electrons. The lowest BCUT2D eigenvalue weighted by Crippen LogP contribution is -2.36. The molecule has 0 aliphatic carbocycles. The van der Waals surface area contributed by atoms with Gasteiger partial charge in [-0.05, 0) is 6.92 Å². The van der Waals surface area contributed by atoms with E-state index >= 15 is 0 Å². The second-order valence-corrected chi connectivity index (χ2v) is 4.38. The Hall–Kier alpha value is -0.930. The topological polar surface area (TPSA) is 61.3 Å². The number of rotatable bonds is 7. The zero-order valence-corrected chi connectivity index (χ0v) is 10.7. The molecule has 1 aromatic heterocycles. The van der Waals surface area contributed by atoms with Gasteiger partial charge in [0.05, 0.1) is 13.2 Å². The van der Waals surface area contributed by atoms with Crippen molar-refractivity contribution in [3.63, 3.8) is 0 Å². The van der Waals surface area contributed by atoms with Crippen molar-refractivity contribution in [3.05, 3.63) is 5.69 Å². The first-order valence-electron chi connectivity index (χ1n) is 5.41. The number of aliphatic hydroxyl groups excluding tert-OH is 1. The number of halogens is 3. The minimum atomic E-state index is -4.29. The van der Waals surface area contributed by atoms with Gasteiger partial charge in [0.15, 0.2) is 0 Å². The van der Waals surface area contributed by atoms with Crippen LogP contribution in [0.3, 0.4) is 0 Å². The van der Waals surface area contributed by atoms with E-state index < -0.39 is 12.7 Å². The van der Waals surface area contributed by atoms with Crippen LogP contribution in [0.25, 0.3) is 0 Å². The third-order valence-corrected chi connectivity index (χ3v) is 2.81. The van der Waals surface area contributed by atoms with E-state index in [0.717, 1.165) is 16.4 Å². The zero-order chi connectivity index (χ0) is 13.6. The Morgan fingerprint density at radius 1 is 1.44 bits per heavy atom. The summed E-state index contributed by atoms with van der Waals surface area (Å²) in [7, 11) is 0. The predicted molar refractivity (Wildman–Crippen MR) is 62.5 cm³/mol. The van der Waals surface area contributed by atoms with Crippen LogP contribution in [0.15, 0.2) is 0 Å². The summed E-state index contributed by atoms with van der Waals surface area (Å²) < 4.78 is 40.7. The van der Waals surface area contributed by atoms with E-state index in [0.29, 0.717) is 17.2 Å². The first kappa shape index (κ1) is 15.1. The highest BCUT2D eigenvalue weighted by Crippen LogP contribution is 2.22. The lowest BCUT2D eigenvalue weighted by Gasteiger charge is -2.21. The zero-order valence-electron chi connectivity index (χ0n) is 9.87. The molecule has 1 heterocycles. The molecule has 0 amide bonds. The summed E-state index contributed by atoms with van der Waals surface area (Å²) in [6.45, 7) is 1.09. The van der Waals surface area contributed by atoms with Gasteiger partial charge in [-0.15, -0.1) is 5.10 Å². The molecule has 0 fully saturated rings. The molecule has 0 aliphatic heterocycles. The maximum Gasteiger partial charge on any atom is 0.401 e. The van der Waals surface area contributed by atoms with E-state index in [-0.39, 0.29) is 19.7 Å². The second kappa shape index (κ2) is 6.86. The molecule has 0 atom stereocenters. The van der Waals surface area contributed by atoms with Gasteiger partial charge >= 0.3 is 6.18 Å². The maximum absolute atomic E-state index is 12.3. The molecule has 0 unspecified atom stereocenters. The first-order chi connectivity index (χ1) is 8.46. The minimum Gasteiger partial charge on any atom is -0.395 e. The molecule has 0 aromatic carbocycles. The molecule has 0 spiro atoms. The highest BCUT2D eigenvalue weighted by Gasteiger charge is 2.31. The fourth-order valence-electron chi connectivity index (χ4n) is 1.43. The van der Waals surface area contributed by atoms with Crippen molar-refractivity contribution in [2.24, 2.45) is 0 Å². The Balaban J connectivity index is 2.67. The van der Waals surface area contributed by atoms with Crippen LogP contribution in [-0.4, -0.2) is 52.0 Å². The Morgan fingerprint density at radius 2 is 2.17 bits per heavy atom. The van der Waals surface area contributed by atoms with Gasteiger partial charge in [0.2, 0.25) is 0 Å². The molecule has 0 saturated heterocycles. The highest BCUT2D eigenvalue weighted by atomic mass is 32.1. The van der Waals surface area contributed by atoms with Crippen molar-refractivity contribution in [1.29, 1.82) is 0 Å². The summed E-state index contributed by atoms with van der Waals surface area (Å²) in [5.41, 5.74) is 0.472. The molecular formula is C9H15F3N4OS. The number of alkyl halides is 3. The van der Waals surface area contributed by atoms with Crippen molar-refractivity contribution < 1.29 is 18.3 Å². The molecule has 0 saturated carbocycles. The van der Waals surface area contributed by atoms with Gasteiger partial charge in [0.1, 0.15) is 10.7 Å². The Kier molecular flexibility index (Phi) is 5.76. The highest BCUT2D eigenvalue weighted by molar-refractivity contribution is 7.10. The largest absolute Gasteiger partial charge is 0.401 e. The second-order valence-electron chi connectivity index (χ2n) is 3.63. The Bertz CT molecular complexity index is 358. The number of nitrogens with one attached hydrogen (secondary N) is 1. The molecule has 2 N–H and O–H groups in total. The van der Waals surface area contributed by atoms with Gasteiger partial charge in [-0.1, -0.05) is 4.49 Å². The van der Waals surface area contributed by atoms with Gasteiger partial charge in [0.25, 0.3) is 0 Å². The molecule has 5 nitrogen and oxygen atoms in total. The lowest BCUT2D eigenvalue weighted by molar-refractivity contribution is -0.148. The fraction of sp³-hybridized carbons (Fsp3) is 0.778. The van der Waals surface area contributed by atoms with Crippen LogP contribution in [0.5, 0.6) is 0 Å². The smallest absolute Gasteiger partial charge is 0.395 e. The van der Waals surface area contributed by atoms with E-state index in [1.807, 2.05) is 6.92 Å². The van der Waals surface area contributed by atoms with Crippen molar-refractivity contribution in [3.8, 4) is 0 Å². The van der Waals surface area contributed by atoms with Crippen LogP contribution in [0.1, 0.15) is 12.6 Å². The van der Waals surface area contributed by atoms with Gasteiger partial charge in [0, 0.05) is 31.2 Å². The molecule has 1 rings (SSSR count). The van der Waals surface area contributed by atoms with Gasteiger partial charge in [-0.2, -0.15) is 13.2 Å². The minimum absolute atomic E-state index is 0.0128. The van der Waals surface area contributed by atoms with Gasteiger partial charge in [-0.3, -0.25) is 4.90 Å². The average molecular weight is 284 g/mol. The van der Waals surface area contributed by atoms with Crippen molar-refractivity contribution in [1.82, 2.24) is 14.5 Å². The van der Waals surface area contributed by atoms with Crippen LogP contribution >= 0.6 is 11.5 Å². The summed E-state index contributed by atoms with van der Waals surface area (Å²) in [5.74, 6) is 0. The molecule has 0 aliphatic rings.